The van der Waals surface area contributed by atoms with Crippen LogP contribution in [-0.2, 0) is 11.2 Å². The zero-order chi connectivity index (χ0) is 15.6. The van der Waals surface area contributed by atoms with E-state index in [1.807, 2.05) is 31.3 Å². The Morgan fingerprint density at radius 1 is 1.41 bits per heavy atom. The molecule has 1 aromatic heterocycles. The van der Waals surface area contributed by atoms with Crippen molar-refractivity contribution in [3.05, 3.63) is 30.1 Å². The number of aromatic nitrogens is 1. The van der Waals surface area contributed by atoms with Crippen LogP contribution in [0.3, 0.4) is 0 Å². The van der Waals surface area contributed by atoms with Crippen molar-refractivity contribution in [1.29, 1.82) is 0 Å². The molecule has 2 aliphatic rings. The average molecular weight is 302 g/mol. The molecular weight excluding hydrogens is 280 g/mol. The molecule has 0 unspecified atom stereocenters. The van der Waals surface area contributed by atoms with Gasteiger partial charge in [0.2, 0.25) is 0 Å². The summed E-state index contributed by atoms with van der Waals surface area (Å²) in [5, 5.41) is 5.17. The normalized spacial score (nSPS) is 29.2. The third-order valence-corrected chi connectivity index (χ3v) is 4.80. The number of carbonyl (C=O) groups excluding carboxylic acids is 2. The number of amides is 3. The number of pyridine rings is 1. The first-order valence-electron chi connectivity index (χ1n) is 7.84. The Bertz CT molecular complexity index is 563. The SMILES string of the molecule is C[C@]1([C@@H]2CCCN(CCc3ccccn3)C2)NC(=O)NC1=O. The largest absolute Gasteiger partial charge is 0.323 e. The highest BCUT2D eigenvalue weighted by Gasteiger charge is 2.48. The van der Waals surface area contributed by atoms with Gasteiger partial charge in [-0.1, -0.05) is 6.07 Å². The minimum Gasteiger partial charge on any atom is -0.323 e. The molecule has 0 aliphatic carbocycles. The van der Waals surface area contributed by atoms with Crippen molar-refractivity contribution >= 4 is 11.9 Å². The molecule has 0 spiro atoms. The molecule has 0 radical (unpaired) electrons. The van der Waals surface area contributed by atoms with Crippen LogP contribution in [0.15, 0.2) is 24.4 Å². The van der Waals surface area contributed by atoms with Gasteiger partial charge in [0, 0.05) is 37.3 Å². The van der Waals surface area contributed by atoms with Crippen LogP contribution < -0.4 is 10.6 Å². The van der Waals surface area contributed by atoms with Crippen molar-refractivity contribution in [2.75, 3.05) is 19.6 Å². The first kappa shape index (κ1) is 15.0. The third kappa shape index (κ3) is 2.97. The van der Waals surface area contributed by atoms with Crippen molar-refractivity contribution < 1.29 is 9.59 Å². The number of nitrogens with one attached hydrogen (secondary N) is 2. The summed E-state index contributed by atoms with van der Waals surface area (Å²) < 4.78 is 0. The van der Waals surface area contributed by atoms with Gasteiger partial charge in [0.1, 0.15) is 5.54 Å². The molecule has 2 aliphatic heterocycles. The Morgan fingerprint density at radius 2 is 2.27 bits per heavy atom. The number of urea groups is 1. The summed E-state index contributed by atoms with van der Waals surface area (Å²) >= 11 is 0. The number of nitrogens with zero attached hydrogens (tertiary/aromatic N) is 2. The van der Waals surface area contributed by atoms with Crippen LogP contribution in [0.5, 0.6) is 0 Å². The van der Waals surface area contributed by atoms with Crippen LogP contribution in [0.1, 0.15) is 25.5 Å². The fraction of sp³-hybridized carbons (Fsp3) is 0.562. The molecule has 2 saturated heterocycles. The van der Waals surface area contributed by atoms with E-state index in [-0.39, 0.29) is 17.9 Å². The predicted molar refractivity (Wildman–Crippen MR) is 82.2 cm³/mol. The van der Waals surface area contributed by atoms with Gasteiger partial charge in [-0.2, -0.15) is 0 Å². The quantitative estimate of drug-likeness (QED) is 0.812. The van der Waals surface area contributed by atoms with Crippen LogP contribution in [0, 0.1) is 5.92 Å². The van der Waals surface area contributed by atoms with Gasteiger partial charge in [-0.3, -0.25) is 15.1 Å². The molecule has 6 heteroatoms. The summed E-state index contributed by atoms with van der Waals surface area (Å²) in [6, 6.07) is 5.58. The molecule has 0 aromatic carbocycles. The molecule has 22 heavy (non-hydrogen) atoms. The van der Waals surface area contributed by atoms with Gasteiger partial charge in [-0.25, -0.2) is 4.79 Å². The predicted octanol–water partition coefficient (Wildman–Crippen LogP) is 0.934. The second kappa shape index (κ2) is 6.04. The minimum atomic E-state index is -0.777. The highest BCUT2D eigenvalue weighted by Crippen LogP contribution is 2.29. The number of hydrogen-bond donors (Lipinski definition) is 2. The maximum Gasteiger partial charge on any atom is 0.322 e. The number of imide groups is 1. The van der Waals surface area contributed by atoms with E-state index in [1.54, 1.807) is 0 Å². The van der Waals surface area contributed by atoms with E-state index in [9.17, 15) is 9.59 Å². The van der Waals surface area contributed by atoms with E-state index < -0.39 is 5.54 Å². The maximum absolute atomic E-state index is 12.1. The topological polar surface area (TPSA) is 74.3 Å². The summed E-state index contributed by atoms with van der Waals surface area (Å²) in [4.78, 5) is 30.2. The van der Waals surface area contributed by atoms with Crippen molar-refractivity contribution in [3.8, 4) is 0 Å². The summed E-state index contributed by atoms with van der Waals surface area (Å²) in [6.07, 6.45) is 4.73. The van der Waals surface area contributed by atoms with E-state index in [0.717, 1.165) is 44.6 Å². The Hall–Kier alpha value is -1.95. The van der Waals surface area contributed by atoms with Crippen LogP contribution in [-0.4, -0.2) is 47.0 Å². The monoisotopic (exact) mass is 302 g/mol. The molecule has 2 fully saturated rings. The lowest BCUT2D eigenvalue weighted by atomic mass is 9.80. The average Bonchev–Trinajstić information content (AvgIpc) is 2.80. The second-order valence-electron chi connectivity index (χ2n) is 6.32. The van der Waals surface area contributed by atoms with Crippen LogP contribution in [0.2, 0.25) is 0 Å². The lowest BCUT2D eigenvalue weighted by molar-refractivity contribution is -0.126. The van der Waals surface area contributed by atoms with Crippen molar-refractivity contribution in [2.24, 2.45) is 5.92 Å². The number of likely N-dealkylation sites (tertiary alicyclic amines) is 1. The molecule has 2 N–H and O–H groups in total. The van der Waals surface area contributed by atoms with E-state index in [1.165, 1.54) is 0 Å². The van der Waals surface area contributed by atoms with Crippen molar-refractivity contribution in [3.63, 3.8) is 0 Å². The van der Waals surface area contributed by atoms with Gasteiger partial charge in [0.15, 0.2) is 0 Å². The molecule has 6 nitrogen and oxygen atoms in total. The molecule has 0 bridgehead atoms. The standard InChI is InChI=1S/C16H22N4O2/c1-16(14(21)18-15(22)19-16)12-5-4-9-20(11-12)10-7-13-6-2-3-8-17-13/h2-3,6,8,12H,4-5,7,9-11H2,1H3,(H2,18,19,21,22)/t12-,16-/m1/s1. The molecule has 1 aromatic rings. The molecule has 3 rings (SSSR count). The van der Waals surface area contributed by atoms with E-state index in [0.29, 0.717) is 0 Å². The molecule has 3 heterocycles. The number of piperidine rings is 1. The van der Waals surface area contributed by atoms with Crippen molar-refractivity contribution in [1.82, 2.24) is 20.5 Å². The smallest absolute Gasteiger partial charge is 0.322 e. The van der Waals surface area contributed by atoms with E-state index in [2.05, 4.69) is 20.5 Å². The fourth-order valence-corrected chi connectivity index (χ4v) is 3.39. The Morgan fingerprint density at radius 3 is 2.95 bits per heavy atom. The molecule has 118 valence electrons. The summed E-state index contributed by atoms with van der Waals surface area (Å²) in [6.45, 7) is 4.63. The highest BCUT2D eigenvalue weighted by atomic mass is 16.2. The summed E-state index contributed by atoms with van der Waals surface area (Å²) in [5.41, 5.74) is 0.309. The van der Waals surface area contributed by atoms with Crippen LogP contribution in [0.25, 0.3) is 0 Å². The van der Waals surface area contributed by atoms with Gasteiger partial charge in [-0.15, -0.1) is 0 Å². The number of carbonyl (C=O) groups is 2. The Kier molecular flexibility index (Phi) is 4.11. The molecular formula is C16H22N4O2. The molecule has 0 saturated carbocycles. The van der Waals surface area contributed by atoms with Gasteiger partial charge in [0.05, 0.1) is 0 Å². The molecule has 3 amide bonds. The zero-order valence-electron chi connectivity index (χ0n) is 12.8. The Labute approximate surface area is 130 Å². The second-order valence-corrected chi connectivity index (χ2v) is 6.32. The molecule has 2 atom stereocenters. The van der Waals surface area contributed by atoms with E-state index >= 15 is 0 Å². The summed E-state index contributed by atoms with van der Waals surface area (Å²) in [7, 11) is 0. The Balaban J connectivity index is 1.60. The van der Waals surface area contributed by atoms with Gasteiger partial charge >= 0.3 is 6.03 Å². The third-order valence-electron chi connectivity index (χ3n) is 4.80. The fourth-order valence-electron chi connectivity index (χ4n) is 3.39. The number of rotatable bonds is 4. The summed E-state index contributed by atoms with van der Waals surface area (Å²) in [5.74, 6) is -0.0505. The first-order valence-corrected chi connectivity index (χ1v) is 7.84. The van der Waals surface area contributed by atoms with E-state index in [4.69, 9.17) is 0 Å². The minimum absolute atomic E-state index is 0.149. The zero-order valence-corrected chi connectivity index (χ0v) is 12.8. The first-order chi connectivity index (χ1) is 10.6. The lowest BCUT2D eigenvalue weighted by Gasteiger charge is -2.39. The maximum atomic E-state index is 12.1. The van der Waals surface area contributed by atoms with Gasteiger partial charge in [-0.05, 0) is 38.4 Å². The number of hydrogen-bond acceptors (Lipinski definition) is 4. The van der Waals surface area contributed by atoms with Gasteiger partial charge in [0.25, 0.3) is 5.91 Å². The van der Waals surface area contributed by atoms with Gasteiger partial charge < -0.3 is 10.2 Å². The van der Waals surface area contributed by atoms with Crippen LogP contribution >= 0.6 is 0 Å². The highest BCUT2D eigenvalue weighted by molar-refractivity contribution is 6.06. The van der Waals surface area contributed by atoms with Crippen molar-refractivity contribution in [2.45, 2.75) is 31.7 Å². The lowest BCUT2D eigenvalue weighted by Crippen LogP contribution is -2.55. The van der Waals surface area contributed by atoms with Crippen LogP contribution in [0.4, 0.5) is 4.79 Å².